The number of rotatable bonds is 7. The van der Waals surface area contributed by atoms with E-state index in [9.17, 15) is 0 Å². The van der Waals surface area contributed by atoms with Crippen LogP contribution in [-0.4, -0.2) is 0 Å². The number of nitrogens with zero attached hydrogens (tertiary/aromatic N) is 1. The van der Waals surface area contributed by atoms with E-state index in [1.807, 2.05) is 0 Å². The summed E-state index contributed by atoms with van der Waals surface area (Å²) in [7, 11) is 0. The van der Waals surface area contributed by atoms with E-state index in [1.165, 1.54) is 77.5 Å². The van der Waals surface area contributed by atoms with Gasteiger partial charge in [0.15, 0.2) is 0 Å². The topological polar surface area (TPSA) is 3.24 Å². The first-order valence-corrected chi connectivity index (χ1v) is 19.5. The van der Waals surface area contributed by atoms with Crippen LogP contribution in [0.25, 0.3) is 66.4 Å². The molecule has 1 nitrogen and oxygen atoms in total. The average molecular weight is 716 g/mol. The molecule has 266 valence electrons. The second-order valence-corrected chi connectivity index (χ2v) is 15.3. The summed E-state index contributed by atoms with van der Waals surface area (Å²) in [4.78, 5) is 2.48. The molecule has 1 aliphatic carbocycles. The Labute approximate surface area is 329 Å². The van der Waals surface area contributed by atoms with Crippen LogP contribution in [0.5, 0.6) is 0 Å². The number of hydrogen-bond acceptors (Lipinski definition) is 1. The maximum absolute atomic E-state index is 2.48. The predicted octanol–water partition coefficient (Wildman–Crippen LogP) is 15.3. The lowest BCUT2D eigenvalue weighted by molar-refractivity contribution is 0.660. The molecule has 0 radical (unpaired) electrons. The zero-order valence-corrected chi connectivity index (χ0v) is 31.7. The van der Waals surface area contributed by atoms with Gasteiger partial charge in [0.1, 0.15) is 0 Å². The fraction of sp³-hybridized carbons (Fsp3) is 0.0545. The second kappa shape index (κ2) is 13.7. The van der Waals surface area contributed by atoms with Gasteiger partial charge < -0.3 is 4.90 Å². The summed E-state index contributed by atoms with van der Waals surface area (Å²) in [6.07, 6.45) is 0. The van der Waals surface area contributed by atoms with Crippen LogP contribution in [-0.2, 0) is 5.41 Å². The molecule has 0 atom stereocenters. The third-order valence-electron chi connectivity index (χ3n) is 11.7. The van der Waals surface area contributed by atoms with Gasteiger partial charge in [-0.1, -0.05) is 196 Å². The van der Waals surface area contributed by atoms with Crippen molar-refractivity contribution in [3.8, 4) is 55.6 Å². The van der Waals surface area contributed by atoms with Crippen LogP contribution in [0, 0.1) is 0 Å². The summed E-state index contributed by atoms with van der Waals surface area (Å²) in [5.41, 5.74) is 18.2. The third kappa shape index (κ3) is 5.63. The van der Waals surface area contributed by atoms with Gasteiger partial charge in [0, 0.05) is 22.4 Å². The van der Waals surface area contributed by atoms with E-state index in [-0.39, 0.29) is 5.41 Å². The Bertz CT molecular complexity index is 2860. The molecule has 0 fully saturated rings. The van der Waals surface area contributed by atoms with E-state index in [0.29, 0.717) is 0 Å². The van der Waals surface area contributed by atoms with Crippen LogP contribution in [0.4, 0.5) is 17.1 Å². The third-order valence-corrected chi connectivity index (χ3v) is 11.7. The minimum Gasteiger partial charge on any atom is -0.310 e. The minimum atomic E-state index is -0.138. The number of benzene rings is 9. The van der Waals surface area contributed by atoms with Crippen LogP contribution in [0.2, 0.25) is 0 Å². The normalized spacial score (nSPS) is 12.6. The van der Waals surface area contributed by atoms with E-state index in [4.69, 9.17) is 0 Å². The van der Waals surface area contributed by atoms with Crippen molar-refractivity contribution in [2.24, 2.45) is 0 Å². The average Bonchev–Trinajstić information content (AvgIpc) is 3.49. The van der Waals surface area contributed by atoms with Crippen molar-refractivity contribution >= 4 is 27.8 Å². The quantitative estimate of drug-likeness (QED) is 0.159. The fourth-order valence-electron chi connectivity index (χ4n) is 8.96. The Balaban J connectivity index is 1.23. The summed E-state index contributed by atoms with van der Waals surface area (Å²) in [5, 5.41) is 2.51. The SMILES string of the molecule is CC1(C)c2ccccc2-c2ccc(N(c3ccc(-c4cccc5ccccc45)cc3)c3cccc(-c4ccccc4)c3-c3ccccc3-c3ccccc3)cc21. The van der Waals surface area contributed by atoms with Crippen LogP contribution < -0.4 is 4.90 Å². The summed E-state index contributed by atoms with van der Waals surface area (Å²) >= 11 is 0. The van der Waals surface area contributed by atoms with E-state index in [1.54, 1.807) is 0 Å². The molecule has 1 aliphatic rings. The van der Waals surface area contributed by atoms with Crippen molar-refractivity contribution < 1.29 is 0 Å². The fourth-order valence-corrected chi connectivity index (χ4v) is 8.96. The lowest BCUT2D eigenvalue weighted by atomic mass is 9.82. The first kappa shape index (κ1) is 33.6. The van der Waals surface area contributed by atoms with Crippen LogP contribution in [0.1, 0.15) is 25.0 Å². The number of fused-ring (bicyclic) bond motifs is 4. The standard InChI is InChI=1S/C55H41N/c1-55(2)51-29-14-13-25-48(51)49-36-35-43(37-52(49)55)56(42-33-31-41(32-34-42)45-27-15-22-39-21-9-10-23-44(39)45)53-30-16-28-47(40-19-7-4-8-20-40)54(53)50-26-12-11-24-46(50)38-17-5-3-6-18-38/h3-37H,1-2H3. The smallest absolute Gasteiger partial charge is 0.0546 e. The molecule has 0 unspecified atom stereocenters. The summed E-state index contributed by atoms with van der Waals surface area (Å²) in [6, 6.07) is 77.7. The molecule has 9 aromatic carbocycles. The molecule has 0 aliphatic heterocycles. The van der Waals surface area contributed by atoms with E-state index in [0.717, 1.165) is 17.1 Å². The number of anilines is 3. The molecule has 0 spiro atoms. The molecule has 0 heterocycles. The van der Waals surface area contributed by atoms with Gasteiger partial charge in [0.05, 0.1) is 5.69 Å². The summed E-state index contributed by atoms with van der Waals surface area (Å²) in [6.45, 7) is 4.73. The zero-order chi connectivity index (χ0) is 37.6. The molecule has 0 N–H and O–H groups in total. The molecule has 1 heteroatoms. The Morgan fingerprint density at radius 3 is 1.62 bits per heavy atom. The lowest BCUT2D eigenvalue weighted by Gasteiger charge is -2.31. The van der Waals surface area contributed by atoms with Crippen molar-refractivity contribution in [2.75, 3.05) is 4.90 Å². The Morgan fingerprint density at radius 2 is 0.857 bits per heavy atom. The Morgan fingerprint density at radius 1 is 0.339 bits per heavy atom. The maximum Gasteiger partial charge on any atom is 0.0546 e. The summed E-state index contributed by atoms with van der Waals surface area (Å²) in [5.74, 6) is 0. The van der Waals surface area contributed by atoms with E-state index >= 15 is 0 Å². The number of hydrogen-bond donors (Lipinski definition) is 0. The first-order valence-electron chi connectivity index (χ1n) is 19.5. The first-order chi connectivity index (χ1) is 27.6. The lowest BCUT2D eigenvalue weighted by Crippen LogP contribution is -2.17. The molecule has 0 aromatic heterocycles. The highest BCUT2D eigenvalue weighted by Crippen LogP contribution is 2.52. The van der Waals surface area contributed by atoms with Gasteiger partial charge in [0.25, 0.3) is 0 Å². The largest absolute Gasteiger partial charge is 0.310 e. The molecule has 0 bridgehead atoms. The van der Waals surface area contributed by atoms with E-state index < -0.39 is 0 Å². The molecule has 0 saturated carbocycles. The monoisotopic (exact) mass is 715 g/mol. The van der Waals surface area contributed by atoms with Gasteiger partial charge in [-0.25, -0.2) is 0 Å². The van der Waals surface area contributed by atoms with Gasteiger partial charge in [0.2, 0.25) is 0 Å². The van der Waals surface area contributed by atoms with Crippen molar-refractivity contribution in [2.45, 2.75) is 19.3 Å². The summed E-state index contributed by atoms with van der Waals surface area (Å²) < 4.78 is 0. The molecule has 10 rings (SSSR count). The minimum absolute atomic E-state index is 0.138. The Hall–Kier alpha value is -6.96. The van der Waals surface area contributed by atoms with Crippen molar-refractivity contribution in [1.29, 1.82) is 0 Å². The van der Waals surface area contributed by atoms with Crippen molar-refractivity contribution in [3.63, 3.8) is 0 Å². The molecule has 9 aromatic rings. The van der Waals surface area contributed by atoms with Gasteiger partial charge in [-0.3, -0.25) is 0 Å². The molecule has 0 amide bonds. The highest BCUT2D eigenvalue weighted by atomic mass is 15.1. The van der Waals surface area contributed by atoms with Gasteiger partial charge >= 0.3 is 0 Å². The van der Waals surface area contributed by atoms with Crippen LogP contribution >= 0.6 is 0 Å². The highest BCUT2D eigenvalue weighted by Gasteiger charge is 2.36. The van der Waals surface area contributed by atoms with Gasteiger partial charge in [-0.05, 0) is 102 Å². The second-order valence-electron chi connectivity index (χ2n) is 15.3. The maximum atomic E-state index is 2.48. The van der Waals surface area contributed by atoms with Crippen molar-refractivity contribution in [3.05, 3.63) is 223 Å². The predicted molar refractivity (Wildman–Crippen MR) is 238 cm³/mol. The zero-order valence-electron chi connectivity index (χ0n) is 31.7. The van der Waals surface area contributed by atoms with Gasteiger partial charge in [-0.2, -0.15) is 0 Å². The van der Waals surface area contributed by atoms with Gasteiger partial charge in [-0.15, -0.1) is 0 Å². The van der Waals surface area contributed by atoms with Crippen LogP contribution in [0.15, 0.2) is 212 Å². The molecular weight excluding hydrogens is 675 g/mol. The van der Waals surface area contributed by atoms with Crippen LogP contribution in [0.3, 0.4) is 0 Å². The Kier molecular flexibility index (Phi) is 8.23. The molecule has 56 heavy (non-hydrogen) atoms. The highest BCUT2D eigenvalue weighted by molar-refractivity contribution is 6.02. The molecular formula is C55H41N. The van der Waals surface area contributed by atoms with Crippen molar-refractivity contribution in [1.82, 2.24) is 0 Å². The van der Waals surface area contributed by atoms with E-state index in [2.05, 4.69) is 231 Å². The molecule has 0 saturated heterocycles.